The van der Waals surface area contributed by atoms with Gasteiger partial charge in [0.05, 0.1) is 5.54 Å². The van der Waals surface area contributed by atoms with E-state index in [4.69, 9.17) is 10.5 Å². The molecule has 0 bridgehead atoms. The van der Waals surface area contributed by atoms with Gasteiger partial charge in [-0.05, 0) is 61.2 Å². The average molecular weight is 660 g/mol. The lowest BCUT2D eigenvalue weighted by molar-refractivity contribution is -0.157. The van der Waals surface area contributed by atoms with Crippen molar-refractivity contribution in [3.63, 3.8) is 0 Å². The van der Waals surface area contributed by atoms with Gasteiger partial charge in [-0.15, -0.1) is 0 Å². The molecule has 0 aromatic heterocycles. The van der Waals surface area contributed by atoms with E-state index in [0.717, 1.165) is 11.1 Å². The van der Waals surface area contributed by atoms with Crippen molar-refractivity contribution in [2.75, 3.05) is 20.1 Å². The SMILES string of the molecule is CCCC1C(=O)N(C(Cc2ccc(OCc3ccccc3)cc2)C(=O)NC)CCN1C(=O)C(Cc1ccc(F)cc1)NC(=O)C(C)(C)N. The lowest BCUT2D eigenvalue weighted by Gasteiger charge is -2.44. The molecule has 3 atom stereocenters. The summed E-state index contributed by atoms with van der Waals surface area (Å²) in [5, 5.41) is 5.46. The van der Waals surface area contributed by atoms with E-state index >= 15 is 0 Å². The summed E-state index contributed by atoms with van der Waals surface area (Å²) < 4.78 is 19.5. The fraction of sp³-hybridized carbons (Fsp3) is 0.405. The molecule has 3 aromatic carbocycles. The summed E-state index contributed by atoms with van der Waals surface area (Å²) in [7, 11) is 1.53. The fourth-order valence-electron chi connectivity index (χ4n) is 5.73. The number of carbonyl (C=O) groups is 4. The summed E-state index contributed by atoms with van der Waals surface area (Å²) in [6.45, 7) is 5.71. The van der Waals surface area contributed by atoms with Crippen molar-refractivity contribution in [2.24, 2.45) is 5.73 Å². The number of rotatable bonds is 14. The molecular weight excluding hydrogens is 613 g/mol. The number of ether oxygens (including phenoxy) is 1. The first kappa shape index (κ1) is 36.1. The van der Waals surface area contributed by atoms with Crippen LogP contribution >= 0.6 is 0 Å². The van der Waals surface area contributed by atoms with Gasteiger partial charge in [0.2, 0.25) is 23.6 Å². The molecule has 1 fully saturated rings. The third kappa shape index (κ3) is 9.41. The minimum atomic E-state index is -1.26. The highest BCUT2D eigenvalue weighted by atomic mass is 19.1. The van der Waals surface area contributed by atoms with E-state index in [1.54, 1.807) is 17.0 Å². The van der Waals surface area contributed by atoms with Gasteiger partial charge in [0, 0.05) is 33.0 Å². The predicted octanol–water partition coefficient (Wildman–Crippen LogP) is 3.37. The smallest absolute Gasteiger partial charge is 0.246 e. The third-order valence-electron chi connectivity index (χ3n) is 8.44. The molecule has 1 heterocycles. The first-order chi connectivity index (χ1) is 22.9. The first-order valence-electron chi connectivity index (χ1n) is 16.3. The predicted molar refractivity (Wildman–Crippen MR) is 181 cm³/mol. The highest BCUT2D eigenvalue weighted by Crippen LogP contribution is 2.24. The number of benzene rings is 3. The number of nitrogens with two attached hydrogens (primary N) is 1. The van der Waals surface area contributed by atoms with Gasteiger partial charge in [0.1, 0.15) is 36.3 Å². The van der Waals surface area contributed by atoms with Crippen molar-refractivity contribution in [2.45, 2.75) is 76.7 Å². The molecule has 1 aliphatic rings. The Morgan fingerprint density at radius 2 is 1.56 bits per heavy atom. The standard InChI is InChI=1S/C37H46FN5O5/c1-5-9-31-35(46)43(32(33(44)40-4)23-26-14-18-29(19-15-26)48-24-27-10-7-6-8-11-27)21-20-42(31)34(45)30(41-36(47)37(2,3)39)22-25-12-16-28(38)17-13-25/h6-8,10-19,30-32H,5,9,20-24,39H2,1-4H3,(H,40,44)(H,41,47). The van der Waals surface area contributed by atoms with Gasteiger partial charge in [-0.25, -0.2) is 4.39 Å². The molecule has 3 unspecified atom stereocenters. The summed E-state index contributed by atoms with van der Waals surface area (Å²) >= 11 is 0. The highest BCUT2D eigenvalue weighted by Gasteiger charge is 2.43. The number of nitrogens with zero attached hydrogens (tertiary/aromatic N) is 2. The van der Waals surface area contributed by atoms with Crippen LogP contribution in [0.4, 0.5) is 4.39 Å². The average Bonchev–Trinajstić information content (AvgIpc) is 3.08. The van der Waals surface area contributed by atoms with Crippen molar-refractivity contribution in [1.29, 1.82) is 0 Å². The zero-order chi connectivity index (χ0) is 34.8. The van der Waals surface area contributed by atoms with Crippen LogP contribution in [0, 0.1) is 5.82 Å². The number of hydrogen-bond acceptors (Lipinski definition) is 6. The monoisotopic (exact) mass is 659 g/mol. The molecule has 4 rings (SSSR count). The first-order valence-corrected chi connectivity index (χ1v) is 16.3. The van der Waals surface area contributed by atoms with Gasteiger partial charge in [-0.1, -0.05) is 67.9 Å². The van der Waals surface area contributed by atoms with Crippen LogP contribution < -0.4 is 21.1 Å². The minimum Gasteiger partial charge on any atom is -0.489 e. The minimum absolute atomic E-state index is 0.0834. The molecule has 11 heteroatoms. The molecule has 0 saturated carbocycles. The number of hydrogen-bond donors (Lipinski definition) is 3. The fourth-order valence-corrected chi connectivity index (χ4v) is 5.73. The number of halogens is 1. The normalized spacial score (nSPS) is 16.2. The lowest BCUT2D eigenvalue weighted by atomic mass is 9.97. The van der Waals surface area contributed by atoms with Gasteiger partial charge < -0.3 is 30.9 Å². The van der Waals surface area contributed by atoms with Gasteiger partial charge in [-0.2, -0.15) is 0 Å². The van der Waals surface area contributed by atoms with Crippen LogP contribution in [0.5, 0.6) is 5.75 Å². The molecule has 4 amide bonds. The van der Waals surface area contributed by atoms with E-state index in [1.165, 1.54) is 37.9 Å². The molecule has 256 valence electrons. The van der Waals surface area contributed by atoms with Gasteiger partial charge >= 0.3 is 0 Å². The highest BCUT2D eigenvalue weighted by molar-refractivity contribution is 5.96. The van der Waals surface area contributed by atoms with Crippen LogP contribution in [-0.2, 0) is 38.6 Å². The molecular formula is C37H46FN5O5. The molecule has 10 nitrogen and oxygen atoms in total. The van der Waals surface area contributed by atoms with Crippen molar-refractivity contribution in [1.82, 2.24) is 20.4 Å². The maximum atomic E-state index is 14.1. The molecule has 3 aromatic rings. The van der Waals surface area contributed by atoms with E-state index in [9.17, 15) is 23.6 Å². The Morgan fingerprint density at radius 3 is 2.17 bits per heavy atom. The summed E-state index contributed by atoms with van der Waals surface area (Å²) in [4.78, 5) is 57.5. The Morgan fingerprint density at radius 1 is 0.938 bits per heavy atom. The Kier molecular flexibility index (Phi) is 12.3. The molecule has 0 radical (unpaired) electrons. The maximum absolute atomic E-state index is 14.1. The molecule has 0 aliphatic carbocycles. The molecule has 48 heavy (non-hydrogen) atoms. The second-order valence-electron chi connectivity index (χ2n) is 12.7. The Bertz CT molecular complexity index is 1540. The number of amides is 4. The van der Waals surface area contributed by atoms with Crippen LogP contribution in [0.3, 0.4) is 0 Å². The summed E-state index contributed by atoms with van der Waals surface area (Å²) in [6.07, 6.45) is 1.33. The van der Waals surface area contributed by atoms with Crippen LogP contribution in [0.15, 0.2) is 78.9 Å². The molecule has 1 saturated heterocycles. The van der Waals surface area contributed by atoms with Crippen LogP contribution in [0.2, 0.25) is 0 Å². The van der Waals surface area contributed by atoms with Gasteiger partial charge in [-0.3, -0.25) is 19.2 Å². The van der Waals surface area contributed by atoms with E-state index in [1.807, 2.05) is 61.5 Å². The van der Waals surface area contributed by atoms with Crippen molar-refractivity contribution < 1.29 is 28.3 Å². The van der Waals surface area contributed by atoms with E-state index in [-0.39, 0.29) is 37.7 Å². The van der Waals surface area contributed by atoms with Crippen LogP contribution in [-0.4, -0.2) is 77.2 Å². The Labute approximate surface area is 281 Å². The summed E-state index contributed by atoms with van der Waals surface area (Å²) in [5.41, 5.74) is 7.30. The molecule has 0 spiro atoms. The topological polar surface area (TPSA) is 134 Å². The number of carbonyl (C=O) groups excluding carboxylic acids is 4. The Balaban J connectivity index is 1.52. The third-order valence-corrected chi connectivity index (χ3v) is 8.44. The molecule has 1 aliphatic heterocycles. The van der Waals surface area contributed by atoms with Crippen LogP contribution in [0.1, 0.15) is 50.3 Å². The second-order valence-corrected chi connectivity index (χ2v) is 12.7. The quantitative estimate of drug-likeness (QED) is 0.243. The molecule has 4 N–H and O–H groups in total. The van der Waals surface area contributed by atoms with Crippen molar-refractivity contribution in [3.8, 4) is 5.75 Å². The van der Waals surface area contributed by atoms with E-state index in [0.29, 0.717) is 30.8 Å². The van der Waals surface area contributed by atoms with Gasteiger partial charge in [0.25, 0.3) is 0 Å². The number of piperazine rings is 1. The lowest BCUT2D eigenvalue weighted by Crippen LogP contribution is -2.66. The largest absolute Gasteiger partial charge is 0.489 e. The van der Waals surface area contributed by atoms with Crippen LogP contribution in [0.25, 0.3) is 0 Å². The zero-order valence-electron chi connectivity index (χ0n) is 28.1. The van der Waals surface area contributed by atoms with Gasteiger partial charge in [0.15, 0.2) is 0 Å². The Hall–Kier alpha value is -4.77. The zero-order valence-corrected chi connectivity index (χ0v) is 28.1. The number of nitrogens with one attached hydrogen (secondary N) is 2. The van der Waals surface area contributed by atoms with E-state index < -0.39 is 41.3 Å². The van der Waals surface area contributed by atoms with Crippen molar-refractivity contribution >= 4 is 23.6 Å². The van der Waals surface area contributed by atoms with Crippen molar-refractivity contribution in [3.05, 3.63) is 101 Å². The van der Waals surface area contributed by atoms with E-state index in [2.05, 4.69) is 10.6 Å². The maximum Gasteiger partial charge on any atom is 0.246 e. The summed E-state index contributed by atoms with van der Waals surface area (Å²) in [6, 6.07) is 20.3. The second kappa shape index (κ2) is 16.4. The number of likely N-dealkylation sites (N-methyl/N-ethyl adjacent to an activating group) is 1. The summed E-state index contributed by atoms with van der Waals surface area (Å²) in [5.74, 6) is -1.35.